The summed E-state index contributed by atoms with van der Waals surface area (Å²) >= 11 is 0. The van der Waals surface area contributed by atoms with Crippen molar-refractivity contribution < 1.29 is 19.0 Å². The Labute approximate surface area is 202 Å². The van der Waals surface area contributed by atoms with E-state index in [9.17, 15) is 19.6 Å². The lowest BCUT2D eigenvalue weighted by molar-refractivity contribution is 0.0786. The highest BCUT2D eigenvalue weighted by Crippen LogP contribution is 2.26. The lowest BCUT2D eigenvalue weighted by Crippen LogP contribution is -2.37. The number of ether oxygens (including phenoxy) is 1. The molecule has 2 aromatic carbocycles. The van der Waals surface area contributed by atoms with Crippen molar-refractivity contribution in [2.75, 3.05) is 41.8 Å². The molecule has 3 N–H and O–H groups in total. The van der Waals surface area contributed by atoms with Gasteiger partial charge in [-0.2, -0.15) is 9.65 Å². The third-order valence-corrected chi connectivity index (χ3v) is 5.50. The minimum absolute atomic E-state index is 0.0760. The highest BCUT2D eigenvalue weighted by atomic mass is 19.1. The minimum Gasteiger partial charge on any atom is -0.386 e. The van der Waals surface area contributed by atoms with E-state index in [4.69, 9.17) is 4.74 Å². The molecule has 9 nitrogen and oxygen atoms in total. The fraction of sp³-hybridized carbons (Fsp3) is 0.280. The van der Waals surface area contributed by atoms with Gasteiger partial charge in [0, 0.05) is 30.0 Å². The number of rotatable bonds is 5. The van der Waals surface area contributed by atoms with Gasteiger partial charge < -0.3 is 25.4 Å². The third kappa shape index (κ3) is 5.71. The Kier molecular flexibility index (Phi) is 6.91. The maximum Gasteiger partial charge on any atom is 0.323 e. The van der Waals surface area contributed by atoms with E-state index in [1.54, 1.807) is 73.3 Å². The van der Waals surface area contributed by atoms with Gasteiger partial charge in [-0.1, -0.05) is 12.1 Å². The number of urea groups is 1. The van der Waals surface area contributed by atoms with E-state index in [1.807, 2.05) is 0 Å². The fourth-order valence-corrected chi connectivity index (χ4v) is 3.58. The molecular weight excluding hydrogens is 451 g/mol. The summed E-state index contributed by atoms with van der Waals surface area (Å²) in [6.07, 6.45) is 0. The van der Waals surface area contributed by atoms with Crippen LogP contribution in [0.1, 0.15) is 25.1 Å². The summed E-state index contributed by atoms with van der Waals surface area (Å²) in [5.41, 5.74) is 1.12. The zero-order chi connectivity index (χ0) is 25.0. The van der Waals surface area contributed by atoms with Crippen LogP contribution in [0.25, 0.3) is 11.4 Å². The number of carbonyl (C=O) groups excluding carboxylic acids is 1. The summed E-state index contributed by atoms with van der Waals surface area (Å²) in [6, 6.07) is 15.0. The maximum absolute atomic E-state index is 14.7. The molecule has 0 aliphatic carbocycles. The Morgan fingerprint density at radius 2 is 1.63 bits per heavy atom. The van der Waals surface area contributed by atoms with E-state index in [0.717, 1.165) is 5.56 Å². The number of halogens is 1. The van der Waals surface area contributed by atoms with Gasteiger partial charge in [-0.25, -0.2) is 14.8 Å². The number of aromatic nitrogens is 2. The number of hydrogen-bond donors (Lipinski definition) is 3. The van der Waals surface area contributed by atoms with Crippen LogP contribution in [0.5, 0.6) is 0 Å². The number of benzene rings is 2. The average Bonchev–Trinajstić information content (AvgIpc) is 2.85. The molecule has 1 saturated heterocycles. The predicted molar refractivity (Wildman–Crippen MR) is 130 cm³/mol. The van der Waals surface area contributed by atoms with Crippen molar-refractivity contribution in [3.05, 3.63) is 65.6 Å². The third-order valence-electron chi connectivity index (χ3n) is 5.50. The molecular formula is C25H25FN6O3. The van der Waals surface area contributed by atoms with Gasteiger partial charge in [-0.15, -0.1) is 0 Å². The summed E-state index contributed by atoms with van der Waals surface area (Å²) in [5.74, 6) is -0.455. The molecule has 10 heteroatoms. The number of morpholine rings is 1. The molecule has 35 heavy (non-hydrogen) atoms. The van der Waals surface area contributed by atoms with Crippen LogP contribution in [0.4, 0.5) is 26.4 Å². The summed E-state index contributed by atoms with van der Waals surface area (Å²) < 4.78 is 20.0. The Morgan fingerprint density at radius 1 is 1.06 bits per heavy atom. The molecule has 1 aliphatic rings. The van der Waals surface area contributed by atoms with Crippen LogP contribution >= 0.6 is 0 Å². The molecule has 4 rings (SSSR count). The number of amides is 2. The fourth-order valence-electron chi connectivity index (χ4n) is 3.58. The molecule has 0 spiro atoms. The second-order valence-electron chi connectivity index (χ2n) is 8.54. The van der Waals surface area contributed by atoms with E-state index in [1.165, 1.54) is 0 Å². The zero-order valence-corrected chi connectivity index (χ0v) is 19.4. The van der Waals surface area contributed by atoms with Crippen LogP contribution in [0, 0.1) is 17.1 Å². The van der Waals surface area contributed by atoms with Gasteiger partial charge in [-0.3, -0.25) is 0 Å². The normalized spacial score (nSPS) is 13.7. The molecule has 2 heterocycles. The molecule has 0 bridgehead atoms. The number of carbonyl (C=O) groups is 1. The lowest BCUT2D eigenvalue weighted by Gasteiger charge is -2.28. The monoisotopic (exact) mass is 476 g/mol. The van der Waals surface area contributed by atoms with Crippen molar-refractivity contribution in [3.63, 3.8) is 0 Å². The van der Waals surface area contributed by atoms with Gasteiger partial charge in [-0.05, 0) is 55.8 Å². The Morgan fingerprint density at radius 3 is 2.17 bits per heavy atom. The van der Waals surface area contributed by atoms with Gasteiger partial charge in [0.2, 0.25) is 5.82 Å². The van der Waals surface area contributed by atoms with Gasteiger partial charge in [0.05, 0.1) is 18.8 Å². The van der Waals surface area contributed by atoms with Gasteiger partial charge in [0.1, 0.15) is 6.07 Å². The Balaban J connectivity index is 1.47. The molecule has 1 fully saturated rings. The lowest BCUT2D eigenvalue weighted by atomic mass is 9.98. The van der Waals surface area contributed by atoms with Crippen molar-refractivity contribution in [1.82, 2.24) is 9.97 Å². The molecule has 2 amide bonds. The number of anilines is 3. The number of hydrogen-bond acceptors (Lipinski definition) is 7. The summed E-state index contributed by atoms with van der Waals surface area (Å²) in [6.45, 7) is 5.22. The van der Waals surface area contributed by atoms with E-state index in [0.29, 0.717) is 43.2 Å². The van der Waals surface area contributed by atoms with E-state index in [2.05, 4.69) is 20.6 Å². The Bertz CT molecular complexity index is 1240. The summed E-state index contributed by atoms with van der Waals surface area (Å²) in [5, 5.41) is 24.8. The molecule has 0 unspecified atom stereocenters. The number of nitrogens with one attached hydrogen (secondary N) is 2. The number of nitrogens with zero attached hydrogens (tertiary/aromatic N) is 4. The molecule has 1 aliphatic heterocycles. The van der Waals surface area contributed by atoms with E-state index < -0.39 is 17.4 Å². The quantitative estimate of drug-likeness (QED) is 0.511. The van der Waals surface area contributed by atoms with Crippen LogP contribution in [0.3, 0.4) is 0 Å². The summed E-state index contributed by atoms with van der Waals surface area (Å²) in [4.78, 5) is 22.5. The topological polar surface area (TPSA) is 123 Å². The number of aliphatic hydroxyl groups is 1. The van der Waals surface area contributed by atoms with Crippen LogP contribution in [0.15, 0.2) is 48.5 Å². The molecule has 180 valence electrons. The van der Waals surface area contributed by atoms with Crippen LogP contribution < -0.4 is 15.5 Å². The van der Waals surface area contributed by atoms with Gasteiger partial charge >= 0.3 is 6.03 Å². The second kappa shape index (κ2) is 10.0. The molecule has 0 saturated carbocycles. The highest BCUT2D eigenvalue weighted by molar-refractivity contribution is 5.99. The maximum atomic E-state index is 14.7. The first kappa shape index (κ1) is 24.1. The SMILES string of the molecule is CC(C)(O)c1ccc(NC(=O)Nc2ccc(-c3nc(C#N)c(F)c(N4CCOCC4)n3)cc2)cc1. The molecule has 3 aromatic rings. The zero-order valence-electron chi connectivity index (χ0n) is 19.4. The smallest absolute Gasteiger partial charge is 0.323 e. The summed E-state index contributed by atoms with van der Waals surface area (Å²) in [7, 11) is 0. The predicted octanol–water partition coefficient (Wildman–Crippen LogP) is 3.86. The van der Waals surface area contributed by atoms with Crippen molar-refractivity contribution in [1.29, 1.82) is 5.26 Å². The highest BCUT2D eigenvalue weighted by Gasteiger charge is 2.22. The van der Waals surface area contributed by atoms with Crippen molar-refractivity contribution >= 4 is 23.2 Å². The van der Waals surface area contributed by atoms with E-state index >= 15 is 0 Å². The molecule has 0 radical (unpaired) electrons. The largest absolute Gasteiger partial charge is 0.386 e. The first-order valence-electron chi connectivity index (χ1n) is 11.1. The van der Waals surface area contributed by atoms with Crippen LogP contribution in [0.2, 0.25) is 0 Å². The molecule has 1 aromatic heterocycles. The van der Waals surface area contributed by atoms with Crippen molar-refractivity contribution in [2.24, 2.45) is 0 Å². The average molecular weight is 477 g/mol. The van der Waals surface area contributed by atoms with Crippen molar-refractivity contribution in [2.45, 2.75) is 19.4 Å². The standard InChI is InChI=1S/C25H25FN6O3/c1-25(2,34)17-5-9-19(10-6-17)29-24(33)28-18-7-3-16(4-8-18)22-30-20(15-27)21(26)23(31-22)32-11-13-35-14-12-32/h3-10,34H,11-14H2,1-2H3,(H2,28,29,33). The first-order chi connectivity index (χ1) is 16.7. The minimum atomic E-state index is -0.965. The Hall–Kier alpha value is -4.07. The van der Waals surface area contributed by atoms with Crippen LogP contribution in [-0.2, 0) is 10.3 Å². The number of nitriles is 1. The second-order valence-corrected chi connectivity index (χ2v) is 8.54. The van der Waals surface area contributed by atoms with Gasteiger partial charge in [0.15, 0.2) is 17.3 Å². The van der Waals surface area contributed by atoms with Gasteiger partial charge in [0.25, 0.3) is 0 Å². The van der Waals surface area contributed by atoms with Crippen LogP contribution in [-0.4, -0.2) is 47.4 Å². The van der Waals surface area contributed by atoms with Crippen molar-refractivity contribution in [3.8, 4) is 17.5 Å². The molecule has 0 atom stereocenters. The van der Waals surface area contributed by atoms with E-state index in [-0.39, 0.29) is 17.3 Å². The first-order valence-corrected chi connectivity index (χ1v) is 11.1.